The van der Waals surface area contributed by atoms with Crippen LogP contribution < -0.4 is 11.2 Å². The zero-order valence-electron chi connectivity index (χ0n) is 8.67. The standard InChI is InChI=1S/C9H12N2O5/c1-9(5-15-7(4-12)16-9)11-3-2-6(13)10-8(11)14/h2-3,7,12H,4-5H2,1H3,(H,10,13,14)/t7-,9?/m1/s1. The molecule has 2 heterocycles. The lowest BCUT2D eigenvalue weighted by Crippen LogP contribution is -2.43. The van der Waals surface area contributed by atoms with E-state index in [1.807, 2.05) is 0 Å². The third kappa shape index (κ3) is 1.80. The summed E-state index contributed by atoms with van der Waals surface area (Å²) >= 11 is 0. The topological polar surface area (TPSA) is 93.6 Å². The van der Waals surface area contributed by atoms with E-state index in [0.29, 0.717) is 0 Å². The van der Waals surface area contributed by atoms with Gasteiger partial charge in [-0.05, 0) is 6.92 Å². The Hall–Kier alpha value is -1.44. The number of nitrogens with zero attached hydrogens (tertiary/aromatic N) is 1. The minimum Gasteiger partial charge on any atom is -0.391 e. The maximum Gasteiger partial charge on any atom is 0.330 e. The van der Waals surface area contributed by atoms with Crippen molar-refractivity contribution < 1.29 is 14.6 Å². The first-order valence-corrected chi connectivity index (χ1v) is 4.78. The Bertz CT molecular complexity index is 493. The van der Waals surface area contributed by atoms with Crippen LogP contribution in [-0.4, -0.2) is 34.2 Å². The van der Waals surface area contributed by atoms with Crippen molar-refractivity contribution in [2.24, 2.45) is 0 Å². The number of rotatable bonds is 2. The summed E-state index contributed by atoms with van der Waals surface area (Å²) in [6.45, 7) is 1.49. The van der Waals surface area contributed by atoms with E-state index in [9.17, 15) is 9.59 Å². The molecule has 0 radical (unpaired) electrons. The van der Waals surface area contributed by atoms with Gasteiger partial charge in [0.05, 0.1) is 13.2 Å². The number of H-pyrrole nitrogens is 1. The van der Waals surface area contributed by atoms with E-state index in [0.717, 1.165) is 0 Å². The first-order chi connectivity index (χ1) is 7.55. The molecule has 2 atom stereocenters. The molecule has 1 unspecified atom stereocenters. The monoisotopic (exact) mass is 228 g/mol. The van der Waals surface area contributed by atoms with Gasteiger partial charge in [-0.15, -0.1) is 0 Å². The predicted octanol–water partition coefficient (Wildman–Crippen LogP) is -1.43. The summed E-state index contributed by atoms with van der Waals surface area (Å²) in [6.07, 6.45) is 0.591. The molecule has 1 aromatic rings. The van der Waals surface area contributed by atoms with Crippen molar-refractivity contribution >= 4 is 0 Å². The molecule has 1 fully saturated rings. The van der Waals surface area contributed by atoms with E-state index >= 15 is 0 Å². The third-order valence-corrected chi connectivity index (χ3v) is 2.40. The van der Waals surface area contributed by atoms with Gasteiger partial charge in [-0.1, -0.05) is 0 Å². The van der Waals surface area contributed by atoms with Gasteiger partial charge in [-0.25, -0.2) is 4.79 Å². The minimum atomic E-state index is -1.01. The first kappa shape index (κ1) is 11.1. The van der Waals surface area contributed by atoms with Crippen LogP contribution in [0.5, 0.6) is 0 Å². The van der Waals surface area contributed by atoms with Crippen molar-refractivity contribution in [1.29, 1.82) is 0 Å². The number of aromatic nitrogens is 2. The molecule has 0 amide bonds. The number of aliphatic hydroxyl groups is 1. The van der Waals surface area contributed by atoms with Crippen molar-refractivity contribution in [1.82, 2.24) is 9.55 Å². The van der Waals surface area contributed by atoms with Crippen LogP contribution in [0, 0.1) is 0 Å². The van der Waals surface area contributed by atoms with Crippen LogP contribution in [0.15, 0.2) is 21.9 Å². The van der Waals surface area contributed by atoms with Gasteiger partial charge in [-0.2, -0.15) is 0 Å². The zero-order chi connectivity index (χ0) is 11.8. The molecule has 1 aliphatic rings. The largest absolute Gasteiger partial charge is 0.391 e. The minimum absolute atomic E-state index is 0.129. The molecule has 7 nitrogen and oxygen atoms in total. The number of aromatic amines is 1. The summed E-state index contributed by atoms with van der Waals surface area (Å²) in [5, 5.41) is 8.86. The van der Waals surface area contributed by atoms with Gasteiger partial charge in [-0.3, -0.25) is 14.3 Å². The molecule has 0 aliphatic carbocycles. The quantitative estimate of drug-likeness (QED) is 0.647. The van der Waals surface area contributed by atoms with Gasteiger partial charge in [0.1, 0.15) is 0 Å². The molecule has 16 heavy (non-hydrogen) atoms. The fourth-order valence-corrected chi connectivity index (χ4v) is 1.60. The third-order valence-electron chi connectivity index (χ3n) is 2.40. The summed E-state index contributed by atoms with van der Waals surface area (Å²) in [5.74, 6) is 0. The van der Waals surface area contributed by atoms with Crippen molar-refractivity contribution in [3.05, 3.63) is 33.1 Å². The molecule has 88 valence electrons. The van der Waals surface area contributed by atoms with Crippen LogP contribution in [-0.2, 0) is 15.2 Å². The van der Waals surface area contributed by atoms with Crippen LogP contribution in [0.3, 0.4) is 0 Å². The highest BCUT2D eigenvalue weighted by molar-refractivity contribution is 4.89. The number of hydrogen-bond acceptors (Lipinski definition) is 5. The Morgan fingerprint density at radius 3 is 3.00 bits per heavy atom. The summed E-state index contributed by atoms with van der Waals surface area (Å²) < 4.78 is 11.7. The maximum absolute atomic E-state index is 11.5. The SMILES string of the molecule is CC1(n2ccc(=O)[nH]c2=O)CO[C@@H](CO)O1. The Balaban J connectivity index is 2.37. The molecule has 0 spiro atoms. The summed E-state index contributed by atoms with van der Waals surface area (Å²) in [4.78, 5) is 24.6. The molecule has 1 aliphatic heterocycles. The predicted molar refractivity (Wildman–Crippen MR) is 52.9 cm³/mol. The average Bonchev–Trinajstić information content (AvgIpc) is 2.61. The highest BCUT2D eigenvalue weighted by Crippen LogP contribution is 2.25. The summed E-state index contributed by atoms with van der Waals surface area (Å²) in [5.41, 5.74) is -2.05. The van der Waals surface area contributed by atoms with Crippen molar-refractivity contribution in [2.45, 2.75) is 18.9 Å². The zero-order valence-corrected chi connectivity index (χ0v) is 8.67. The van der Waals surface area contributed by atoms with E-state index in [1.54, 1.807) is 6.92 Å². The second-order valence-corrected chi connectivity index (χ2v) is 3.70. The Morgan fingerprint density at radius 1 is 1.69 bits per heavy atom. The molecule has 0 saturated carbocycles. The van der Waals surface area contributed by atoms with E-state index in [1.165, 1.54) is 16.8 Å². The Labute approximate surface area is 90.2 Å². The van der Waals surface area contributed by atoms with E-state index < -0.39 is 23.3 Å². The number of ether oxygens (including phenoxy) is 2. The van der Waals surface area contributed by atoms with Crippen LogP contribution >= 0.6 is 0 Å². The second kappa shape index (κ2) is 3.85. The van der Waals surface area contributed by atoms with Crippen LogP contribution in [0.1, 0.15) is 6.92 Å². The fraction of sp³-hybridized carbons (Fsp3) is 0.556. The molecular weight excluding hydrogens is 216 g/mol. The van der Waals surface area contributed by atoms with Gasteiger partial charge in [0.2, 0.25) is 0 Å². The molecule has 0 aromatic carbocycles. The summed E-state index contributed by atoms with van der Waals surface area (Å²) in [7, 11) is 0. The second-order valence-electron chi connectivity index (χ2n) is 3.70. The summed E-state index contributed by atoms with van der Waals surface area (Å²) in [6, 6.07) is 1.22. The fourth-order valence-electron chi connectivity index (χ4n) is 1.60. The molecule has 1 aromatic heterocycles. The number of hydrogen-bond donors (Lipinski definition) is 2. The molecular formula is C9H12N2O5. The highest BCUT2D eigenvalue weighted by Gasteiger charge is 2.39. The molecule has 1 saturated heterocycles. The van der Waals surface area contributed by atoms with Crippen molar-refractivity contribution in [3.8, 4) is 0 Å². The lowest BCUT2D eigenvalue weighted by Gasteiger charge is -2.24. The van der Waals surface area contributed by atoms with Crippen LogP contribution in [0.2, 0.25) is 0 Å². The smallest absolute Gasteiger partial charge is 0.330 e. The van der Waals surface area contributed by atoms with Crippen LogP contribution in [0.4, 0.5) is 0 Å². The number of nitrogens with one attached hydrogen (secondary N) is 1. The normalized spacial score (nSPS) is 29.5. The highest BCUT2D eigenvalue weighted by atomic mass is 16.7. The first-order valence-electron chi connectivity index (χ1n) is 4.78. The van der Waals surface area contributed by atoms with Gasteiger partial charge in [0.15, 0.2) is 12.0 Å². The van der Waals surface area contributed by atoms with Crippen molar-refractivity contribution in [2.75, 3.05) is 13.2 Å². The molecule has 2 rings (SSSR count). The molecule has 0 bridgehead atoms. The van der Waals surface area contributed by atoms with Gasteiger partial charge in [0.25, 0.3) is 5.56 Å². The van der Waals surface area contributed by atoms with E-state index in [2.05, 4.69) is 4.98 Å². The van der Waals surface area contributed by atoms with Gasteiger partial charge < -0.3 is 14.6 Å². The average molecular weight is 228 g/mol. The Kier molecular flexibility index (Phi) is 2.66. The molecule has 7 heteroatoms. The Morgan fingerprint density at radius 2 is 2.44 bits per heavy atom. The number of aliphatic hydroxyl groups excluding tert-OH is 1. The maximum atomic E-state index is 11.5. The van der Waals surface area contributed by atoms with E-state index in [-0.39, 0.29) is 13.2 Å². The van der Waals surface area contributed by atoms with Crippen molar-refractivity contribution in [3.63, 3.8) is 0 Å². The molecule has 2 N–H and O–H groups in total. The van der Waals surface area contributed by atoms with Gasteiger partial charge >= 0.3 is 5.69 Å². The van der Waals surface area contributed by atoms with Crippen LogP contribution in [0.25, 0.3) is 0 Å². The lowest BCUT2D eigenvalue weighted by molar-refractivity contribution is -0.134. The van der Waals surface area contributed by atoms with E-state index in [4.69, 9.17) is 14.6 Å². The van der Waals surface area contributed by atoms with Gasteiger partial charge in [0, 0.05) is 12.3 Å². The lowest BCUT2D eigenvalue weighted by atomic mass is 10.3.